The lowest BCUT2D eigenvalue weighted by Crippen LogP contribution is -2.20. The van der Waals surface area contributed by atoms with Crippen molar-refractivity contribution in [1.29, 1.82) is 0 Å². The van der Waals surface area contributed by atoms with Crippen LogP contribution in [0.1, 0.15) is 21.5 Å². The van der Waals surface area contributed by atoms with Crippen LogP contribution in [-0.2, 0) is 0 Å². The number of amides is 1. The molecule has 1 N–H and O–H groups in total. The molecule has 0 aliphatic rings. The van der Waals surface area contributed by atoms with Crippen LogP contribution in [0.2, 0.25) is 0 Å². The van der Waals surface area contributed by atoms with Crippen LogP contribution in [-0.4, -0.2) is 26.0 Å². The van der Waals surface area contributed by atoms with Gasteiger partial charge in [0, 0.05) is 42.0 Å². The van der Waals surface area contributed by atoms with E-state index in [-0.39, 0.29) is 5.91 Å². The van der Waals surface area contributed by atoms with E-state index in [4.69, 9.17) is 5.53 Å². The molecule has 0 saturated carbocycles. The number of anilines is 2. The SMILES string of the molecule is CN(CCN=[N+]=[N-])c1ccc(/C=C/C=C/c2ccc(NC(=O)c3ccccc3)cc2)cc1. The van der Waals surface area contributed by atoms with Gasteiger partial charge in [-0.1, -0.05) is 71.9 Å². The lowest BCUT2D eigenvalue weighted by atomic mass is 10.1. The van der Waals surface area contributed by atoms with E-state index in [1.54, 1.807) is 12.1 Å². The molecule has 0 aliphatic heterocycles. The van der Waals surface area contributed by atoms with E-state index in [0.717, 1.165) is 22.5 Å². The van der Waals surface area contributed by atoms with Gasteiger partial charge in [0.25, 0.3) is 5.91 Å². The molecule has 6 nitrogen and oxygen atoms in total. The van der Waals surface area contributed by atoms with Crippen molar-refractivity contribution in [2.24, 2.45) is 5.11 Å². The molecular formula is C26H25N5O. The van der Waals surface area contributed by atoms with Gasteiger partial charge in [0.2, 0.25) is 0 Å². The second-order valence-corrected chi connectivity index (χ2v) is 7.13. The summed E-state index contributed by atoms with van der Waals surface area (Å²) in [5, 5.41) is 6.46. The van der Waals surface area contributed by atoms with E-state index < -0.39 is 0 Å². The highest BCUT2D eigenvalue weighted by atomic mass is 16.1. The van der Waals surface area contributed by atoms with Crippen molar-refractivity contribution in [3.8, 4) is 0 Å². The predicted molar refractivity (Wildman–Crippen MR) is 133 cm³/mol. The Balaban J connectivity index is 1.51. The first-order valence-electron chi connectivity index (χ1n) is 10.3. The van der Waals surface area contributed by atoms with Gasteiger partial charge in [0.15, 0.2) is 0 Å². The normalized spacial score (nSPS) is 10.8. The molecule has 3 aromatic rings. The lowest BCUT2D eigenvalue weighted by molar-refractivity contribution is 0.102. The minimum absolute atomic E-state index is 0.121. The Morgan fingerprint density at radius 1 is 0.938 bits per heavy atom. The van der Waals surface area contributed by atoms with Crippen LogP contribution in [0.4, 0.5) is 11.4 Å². The Bertz CT molecular complexity index is 1110. The highest BCUT2D eigenvalue weighted by Gasteiger charge is 2.04. The number of nitrogens with zero attached hydrogens (tertiary/aromatic N) is 4. The van der Waals surface area contributed by atoms with E-state index in [0.29, 0.717) is 18.7 Å². The molecule has 0 spiro atoms. The van der Waals surface area contributed by atoms with Gasteiger partial charge in [0.1, 0.15) is 0 Å². The van der Waals surface area contributed by atoms with Gasteiger partial charge >= 0.3 is 0 Å². The highest BCUT2D eigenvalue weighted by Crippen LogP contribution is 2.15. The average molecular weight is 424 g/mol. The molecule has 32 heavy (non-hydrogen) atoms. The second kappa shape index (κ2) is 11.8. The fraction of sp³-hybridized carbons (Fsp3) is 0.115. The Kier molecular flexibility index (Phi) is 8.26. The number of hydrogen-bond acceptors (Lipinski definition) is 3. The number of hydrogen-bond donors (Lipinski definition) is 1. The number of carbonyl (C=O) groups excluding carboxylic acids is 1. The summed E-state index contributed by atoms with van der Waals surface area (Å²) in [5.74, 6) is -0.121. The van der Waals surface area contributed by atoms with Gasteiger partial charge in [-0.2, -0.15) is 0 Å². The largest absolute Gasteiger partial charge is 0.374 e. The van der Waals surface area contributed by atoms with Crippen LogP contribution in [0.25, 0.3) is 22.6 Å². The molecule has 0 fully saturated rings. The Labute approximate surface area is 188 Å². The first-order chi connectivity index (χ1) is 15.7. The molecule has 3 rings (SSSR count). The van der Waals surface area contributed by atoms with Crippen molar-refractivity contribution in [3.05, 3.63) is 118 Å². The van der Waals surface area contributed by atoms with Crippen LogP contribution in [0, 0.1) is 0 Å². The summed E-state index contributed by atoms with van der Waals surface area (Å²) in [7, 11) is 1.97. The van der Waals surface area contributed by atoms with Crippen LogP contribution in [0.15, 0.2) is 96.1 Å². The zero-order valence-corrected chi connectivity index (χ0v) is 17.9. The smallest absolute Gasteiger partial charge is 0.255 e. The molecular weight excluding hydrogens is 398 g/mol. The summed E-state index contributed by atoms with van der Waals surface area (Å²) in [5.41, 5.74) is 13.0. The number of azide groups is 1. The van der Waals surface area contributed by atoms with Gasteiger partial charge < -0.3 is 10.2 Å². The molecule has 0 aliphatic carbocycles. The summed E-state index contributed by atoms with van der Waals surface area (Å²) in [4.78, 5) is 17.0. The van der Waals surface area contributed by atoms with Crippen molar-refractivity contribution in [1.82, 2.24) is 0 Å². The average Bonchev–Trinajstić information content (AvgIpc) is 2.84. The molecule has 0 aromatic heterocycles. The highest BCUT2D eigenvalue weighted by molar-refractivity contribution is 6.04. The minimum atomic E-state index is -0.121. The topological polar surface area (TPSA) is 81.1 Å². The van der Waals surface area contributed by atoms with E-state index in [9.17, 15) is 4.79 Å². The molecule has 3 aromatic carbocycles. The molecule has 0 saturated heterocycles. The summed E-state index contributed by atoms with van der Waals surface area (Å²) >= 11 is 0. The molecule has 0 unspecified atom stereocenters. The van der Waals surface area contributed by atoms with Crippen molar-refractivity contribution < 1.29 is 4.79 Å². The quantitative estimate of drug-likeness (QED) is 0.187. The molecule has 0 atom stereocenters. The number of nitrogens with one attached hydrogen (secondary N) is 1. The maximum Gasteiger partial charge on any atom is 0.255 e. The van der Waals surface area contributed by atoms with Gasteiger partial charge in [-0.15, -0.1) is 0 Å². The van der Waals surface area contributed by atoms with Gasteiger partial charge in [-0.3, -0.25) is 4.79 Å². The molecule has 0 heterocycles. The fourth-order valence-corrected chi connectivity index (χ4v) is 3.01. The molecule has 160 valence electrons. The summed E-state index contributed by atoms with van der Waals surface area (Å²) in [6.45, 7) is 1.12. The third kappa shape index (κ3) is 6.90. The number of rotatable bonds is 9. The Morgan fingerprint density at radius 3 is 2.12 bits per heavy atom. The summed E-state index contributed by atoms with van der Waals surface area (Å²) in [6, 6.07) is 25.0. The number of benzene rings is 3. The van der Waals surface area contributed by atoms with Crippen molar-refractivity contribution in [2.45, 2.75) is 0 Å². The summed E-state index contributed by atoms with van der Waals surface area (Å²) < 4.78 is 0. The number of likely N-dealkylation sites (N-methyl/N-ethyl adjacent to an activating group) is 1. The second-order valence-electron chi connectivity index (χ2n) is 7.13. The third-order valence-corrected chi connectivity index (χ3v) is 4.83. The maximum atomic E-state index is 12.2. The minimum Gasteiger partial charge on any atom is -0.374 e. The first kappa shape index (κ1) is 22.4. The first-order valence-corrected chi connectivity index (χ1v) is 10.3. The van der Waals surface area contributed by atoms with E-state index in [2.05, 4.69) is 15.3 Å². The van der Waals surface area contributed by atoms with E-state index >= 15 is 0 Å². The monoisotopic (exact) mass is 423 g/mol. The fourth-order valence-electron chi connectivity index (χ4n) is 3.01. The predicted octanol–water partition coefficient (Wildman–Crippen LogP) is 6.41. The van der Waals surface area contributed by atoms with Gasteiger partial charge in [-0.05, 0) is 53.1 Å². The molecule has 0 radical (unpaired) electrons. The van der Waals surface area contributed by atoms with Gasteiger partial charge in [-0.25, -0.2) is 0 Å². The van der Waals surface area contributed by atoms with Crippen LogP contribution >= 0.6 is 0 Å². The van der Waals surface area contributed by atoms with Crippen LogP contribution < -0.4 is 10.2 Å². The standard InChI is InChI=1S/C26H25N5O/c1-31(20-19-28-30-27)25-17-13-22(14-18-25)8-6-5-7-21-11-15-24(16-12-21)29-26(32)23-9-3-2-4-10-23/h2-18H,19-20H2,1H3,(H,29,32)/b7-5+,8-6+. The number of carbonyl (C=O) groups is 1. The Morgan fingerprint density at radius 2 is 1.53 bits per heavy atom. The van der Waals surface area contributed by atoms with Crippen LogP contribution in [0.3, 0.4) is 0 Å². The Hall–Kier alpha value is -4.28. The van der Waals surface area contributed by atoms with E-state index in [1.165, 1.54) is 0 Å². The summed E-state index contributed by atoms with van der Waals surface area (Å²) in [6.07, 6.45) is 8.02. The van der Waals surface area contributed by atoms with Crippen LogP contribution in [0.5, 0.6) is 0 Å². The van der Waals surface area contributed by atoms with Crippen molar-refractivity contribution in [2.75, 3.05) is 30.4 Å². The lowest BCUT2D eigenvalue weighted by Gasteiger charge is -2.18. The zero-order valence-electron chi connectivity index (χ0n) is 17.9. The van der Waals surface area contributed by atoms with Gasteiger partial charge in [0.05, 0.1) is 0 Å². The third-order valence-electron chi connectivity index (χ3n) is 4.83. The molecule has 0 bridgehead atoms. The van der Waals surface area contributed by atoms with E-state index in [1.807, 2.05) is 103 Å². The molecule has 1 amide bonds. The maximum absolute atomic E-state index is 12.2. The van der Waals surface area contributed by atoms with Crippen molar-refractivity contribution >= 4 is 29.4 Å². The number of allylic oxidation sites excluding steroid dienone is 2. The van der Waals surface area contributed by atoms with Crippen molar-refractivity contribution in [3.63, 3.8) is 0 Å². The molecule has 6 heteroatoms. The zero-order chi connectivity index (χ0) is 22.6.